The highest BCUT2D eigenvalue weighted by atomic mass is 32.2. The van der Waals surface area contributed by atoms with Crippen LogP contribution in [0.2, 0.25) is 0 Å². The van der Waals surface area contributed by atoms with Gasteiger partial charge in [0.2, 0.25) is 5.91 Å². The number of sulfone groups is 1. The zero-order valence-electron chi connectivity index (χ0n) is 14.6. The van der Waals surface area contributed by atoms with E-state index in [4.69, 9.17) is 0 Å². The summed E-state index contributed by atoms with van der Waals surface area (Å²) < 4.78 is 23.2. The summed E-state index contributed by atoms with van der Waals surface area (Å²) in [6.45, 7) is 3.08. The Bertz CT molecular complexity index is 706. The summed E-state index contributed by atoms with van der Waals surface area (Å²) in [6, 6.07) is 3.68. The summed E-state index contributed by atoms with van der Waals surface area (Å²) >= 11 is 0. The number of anilines is 2. The van der Waals surface area contributed by atoms with Crippen LogP contribution in [0.4, 0.5) is 11.5 Å². The molecule has 0 bridgehead atoms. The standard InChI is InChI=1S/C17H26N4O3S/c1-25(23,24)17(7-9-18-10-8-17)16(22)20-15-6-5-14(13-19-15)21-11-3-2-4-12-21/h5-6,13,18H,2-4,7-12H2,1H3,(H,19,20,22). The molecule has 2 aliphatic heterocycles. The molecule has 0 saturated carbocycles. The van der Waals surface area contributed by atoms with Gasteiger partial charge < -0.3 is 15.5 Å². The summed E-state index contributed by atoms with van der Waals surface area (Å²) in [5.41, 5.74) is 1.04. The number of nitrogens with one attached hydrogen (secondary N) is 2. The minimum Gasteiger partial charge on any atom is -0.370 e. The number of nitrogens with zero attached hydrogens (tertiary/aromatic N) is 2. The number of pyridine rings is 1. The third-order valence-corrected chi connectivity index (χ3v) is 7.26. The lowest BCUT2D eigenvalue weighted by molar-refractivity contribution is -0.119. The molecule has 0 unspecified atom stereocenters. The SMILES string of the molecule is CS(=O)(=O)C1(C(=O)Nc2ccc(N3CCCCC3)cn2)CCNCC1. The average molecular weight is 366 g/mol. The topological polar surface area (TPSA) is 91.4 Å². The number of hydrogen-bond acceptors (Lipinski definition) is 6. The Kier molecular flexibility index (Phi) is 5.29. The predicted molar refractivity (Wildman–Crippen MR) is 98.6 cm³/mol. The third kappa shape index (κ3) is 3.79. The maximum Gasteiger partial charge on any atom is 0.247 e. The van der Waals surface area contributed by atoms with Crippen molar-refractivity contribution >= 4 is 27.2 Å². The zero-order valence-corrected chi connectivity index (χ0v) is 15.4. The number of hydrogen-bond donors (Lipinski definition) is 2. The van der Waals surface area contributed by atoms with Crippen molar-refractivity contribution in [3.8, 4) is 0 Å². The van der Waals surface area contributed by atoms with Gasteiger partial charge in [-0.05, 0) is 57.3 Å². The highest BCUT2D eigenvalue weighted by molar-refractivity contribution is 7.92. The molecular formula is C17H26N4O3S. The van der Waals surface area contributed by atoms with Gasteiger partial charge in [0.25, 0.3) is 0 Å². The first-order valence-corrected chi connectivity index (χ1v) is 10.7. The van der Waals surface area contributed by atoms with Crippen LogP contribution < -0.4 is 15.5 Å². The molecular weight excluding hydrogens is 340 g/mol. The first kappa shape index (κ1) is 18.1. The quantitative estimate of drug-likeness (QED) is 0.831. The molecule has 0 radical (unpaired) electrons. The Morgan fingerprint density at radius 2 is 1.88 bits per heavy atom. The molecule has 8 heteroatoms. The maximum atomic E-state index is 12.8. The van der Waals surface area contributed by atoms with E-state index >= 15 is 0 Å². The Hall–Kier alpha value is -1.67. The van der Waals surface area contributed by atoms with Gasteiger partial charge in [0.05, 0.1) is 11.9 Å². The number of rotatable bonds is 4. The van der Waals surface area contributed by atoms with Gasteiger partial charge in [-0.1, -0.05) is 0 Å². The zero-order chi connectivity index (χ0) is 17.9. The molecule has 0 spiro atoms. The molecule has 0 aliphatic carbocycles. The first-order chi connectivity index (χ1) is 11.9. The summed E-state index contributed by atoms with van der Waals surface area (Å²) in [5, 5.41) is 5.82. The number of amides is 1. The van der Waals surface area contributed by atoms with Crippen LogP contribution in [0.3, 0.4) is 0 Å². The number of aromatic nitrogens is 1. The molecule has 2 saturated heterocycles. The molecule has 3 heterocycles. The van der Waals surface area contributed by atoms with Crippen LogP contribution in [-0.4, -0.2) is 56.5 Å². The fourth-order valence-electron chi connectivity index (χ4n) is 3.63. The summed E-state index contributed by atoms with van der Waals surface area (Å²) in [5.74, 6) is -0.0814. The molecule has 25 heavy (non-hydrogen) atoms. The van der Waals surface area contributed by atoms with E-state index < -0.39 is 20.5 Å². The van der Waals surface area contributed by atoms with E-state index in [1.54, 1.807) is 12.3 Å². The van der Waals surface area contributed by atoms with Crippen molar-refractivity contribution in [2.24, 2.45) is 0 Å². The Balaban J connectivity index is 1.73. The Labute approximate surface area is 149 Å². The van der Waals surface area contributed by atoms with Crippen LogP contribution in [0.1, 0.15) is 32.1 Å². The molecule has 138 valence electrons. The van der Waals surface area contributed by atoms with Gasteiger partial charge in [0.1, 0.15) is 5.82 Å². The maximum absolute atomic E-state index is 12.8. The molecule has 2 N–H and O–H groups in total. The Morgan fingerprint density at radius 3 is 2.44 bits per heavy atom. The molecule has 1 aromatic heterocycles. The van der Waals surface area contributed by atoms with Crippen molar-refractivity contribution in [3.05, 3.63) is 18.3 Å². The lowest BCUT2D eigenvalue weighted by atomic mass is 9.96. The predicted octanol–water partition coefficient (Wildman–Crippen LogP) is 1.18. The fourth-order valence-corrected chi connectivity index (χ4v) is 4.96. The molecule has 0 atom stereocenters. The second-order valence-corrected chi connectivity index (χ2v) is 9.25. The van der Waals surface area contributed by atoms with E-state index in [1.165, 1.54) is 19.3 Å². The smallest absolute Gasteiger partial charge is 0.247 e. The minimum absolute atomic E-state index is 0.281. The van der Waals surface area contributed by atoms with Crippen LogP contribution in [-0.2, 0) is 14.6 Å². The lowest BCUT2D eigenvalue weighted by Crippen LogP contribution is -2.55. The number of piperidine rings is 2. The van der Waals surface area contributed by atoms with Crippen molar-refractivity contribution in [2.75, 3.05) is 42.7 Å². The highest BCUT2D eigenvalue weighted by Gasteiger charge is 2.48. The molecule has 7 nitrogen and oxygen atoms in total. The van der Waals surface area contributed by atoms with Gasteiger partial charge in [-0.2, -0.15) is 0 Å². The molecule has 3 rings (SSSR count). The molecule has 0 aromatic carbocycles. The monoisotopic (exact) mass is 366 g/mol. The first-order valence-electron chi connectivity index (χ1n) is 8.85. The average Bonchev–Trinajstić information content (AvgIpc) is 2.63. The van der Waals surface area contributed by atoms with E-state index in [2.05, 4.69) is 20.5 Å². The third-order valence-electron chi connectivity index (χ3n) is 5.25. The largest absolute Gasteiger partial charge is 0.370 e. The van der Waals surface area contributed by atoms with E-state index in [0.717, 1.165) is 25.0 Å². The molecule has 2 fully saturated rings. The summed E-state index contributed by atoms with van der Waals surface area (Å²) in [7, 11) is -3.52. The van der Waals surface area contributed by atoms with Crippen LogP contribution in [0.25, 0.3) is 0 Å². The van der Waals surface area contributed by atoms with Crippen molar-refractivity contribution in [3.63, 3.8) is 0 Å². The number of carbonyl (C=O) groups is 1. The second-order valence-electron chi connectivity index (χ2n) is 6.92. The van der Waals surface area contributed by atoms with Crippen LogP contribution in [0, 0.1) is 0 Å². The highest BCUT2D eigenvalue weighted by Crippen LogP contribution is 2.29. The van der Waals surface area contributed by atoms with Crippen molar-refractivity contribution in [1.29, 1.82) is 0 Å². The van der Waals surface area contributed by atoms with Gasteiger partial charge in [-0.25, -0.2) is 13.4 Å². The fraction of sp³-hybridized carbons (Fsp3) is 0.647. The van der Waals surface area contributed by atoms with Crippen LogP contribution in [0.5, 0.6) is 0 Å². The molecule has 2 aliphatic rings. The van der Waals surface area contributed by atoms with Crippen molar-refractivity contribution < 1.29 is 13.2 Å². The van der Waals surface area contributed by atoms with Gasteiger partial charge in [-0.15, -0.1) is 0 Å². The van der Waals surface area contributed by atoms with Crippen molar-refractivity contribution in [2.45, 2.75) is 36.9 Å². The van der Waals surface area contributed by atoms with Gasteiger partial charge in [0, 0.05) is 19.3 Å². The second kappa shape index (κ2) is 7.29. The lowest BCUT2D eigenvalue weighted by Gasteiger charge is -2.34. The summed E-state index contributed by atoms with van der Waals surface area (Å²) in [6.07, 6.45) is 7.08. The molecule has 1 aromatic rings. The van der Waals surface area contributed by atoms with Crippen LogP contribution >= 0.6 is 0 Å². The van der Waals surface area contributed by atoms with Gasteiger partial charge in [0.15, 0.2) is 14.6 Å². The summed E-state index contributed by atoms with van der Waals surface area (Å²) in [4.78, 5) is 19.4. The van der Waals surface area contributed by atoms with E-state index in [0.29, 0.717) is 18.9 Å². The van der Waals surface area contributed by atoms with E-state index in [9.17, 15) is 13.2 Å². The van der Waals surface area contributed by atoms with Gasteiger partial charge in [-0.3, -0.25) is 4.79 Å². The van der Waals surface area contributed by atoms with Crippen molar-refractivity contribution in [1.82, 2.24) is 10.3 Å². The van der Waals surface area contributed by atoms with E-state index in [1.807, 2.05) is 6.07 Å². The number of carbonyl (C=O) groups excluding carboxylic acids is 1. The Morgan fingerprint density at radius 1 is 1.20 bits per heavy atom. The van der Waals surface area contributed by atoms with Crippen LogP contribution in [0.15, 0.2) is 18.3 Å². The minimum atomic E-state index is -3.52. The van der Waals surface area contributed by atoms with Gasteiger partial charge >= 0.3 is 0 Å². The molecule has 1 amide bonds. The normalized spacial score (nSPS) is 20.9. The van der Waals surface area contributed by atoms with E-state index in [-0.39, 0.29) is 12.8 Å².